The van der Waals surface area contributed by atoms with Gasteiger partial charge in [-0.3, -0.25) is 0 Å². The minimum Gasteiger partial charge on any atom is -0.385 e. The number of hydrogen-bond donors (Lipinski definition) is 1. The van der Waals surface area contributed by atoms with Gasteiger partial charge in [-0.2, -0.15) is 4.98 Å². The highest BCUT2D eigenvalue weighted by Crippen LogP contribution is 2.21. The average molecular weight is 241 g/mol. The predicted molar refractivity (Wildman–Crippen MR) is 67.2 cm³/mol. The van der Waals surface area contributed by atoms with Crippen LogP contribution in [0.25, 0.3) is 0 Å². The zero-order valence-electron chi connectivity index (χ0n) is 11.4. The summed E-state index contributed by atoms with van der Waals surface area (Å²) in [5, 5.41) is 7.08. The van der Waals surface area contributed by atoms with Crippen LogP contribution in [0, 0.1) is 5.41 Å². The first-order valence-corrected chi connectivity index (χ1v) is 6.01. The van der Waals surface area contributed by atoms with Gasteiger partial charge in [-0.1, -0.05) is 32.9 Å². The quantitative estimate of drug-likeness (QED) is 0.795. The lowest BCUT2D eigenvalue weighted by Crippen LogP contribution is -2.24. The Hall–Kier alpha value is -1.10. The van der Waals surface area contributed by atoms with Gasteiger partial charge >= 0.3 is 6.01 Å². The molecular weight excluding hydrogens is 218 g/mol. The van der Waals surface area contributed by atoms with Crippen LogP contribution < -0.4 is 5.32 Å². The summed E-state index contributed by atoms with van der Waals surface area (Å²) in [4.78, 5) is 4.27. The van der Waals surface area contributed by atoms with Crippen LogP contribution in [-0.4, -0.2) is 30.4 Å². The van der Waals surface area contributed by atoms with Crippen LogP contribution in [0.3, 0.4) is 0 Å². The highest BCUT2D eigenvalue weighted by molar-refractivity contribution is 5.19. The Balaban J connectivity index is 2.43. The number of methoxy groups -OCH3 is 1. The van der Waals surface area contributed by atoms with Crippen LogP contribution in [0.2, 0.25) is 0 Å². The van der Waals surface area contributed by atoms with E-state index in [9.17, 15) is 0 Å². The van der Waals surface area contributed by atoms with E-state index in [2.05, 4.69) is 29.3 Å². The monoisotopic (exact) mass is 241 g/mol. The summed E-state index contributed by atoms with van der Waals surface area (Å²) in [6.07, 6.45) is 0.988. The molecule has 0 fully saturated rings. The van der Waals surface area contributed by atoms with Crippen molar-refractivity contribution in [1.29, 1.82) is 0 Å². The molecule has 5 heteroatoms. The van der Waals surface area contributed by atoms with Crippen molar-refractivity contribution in [2.45, 2.75) is 40.0 Å². The first-order valence-electron chi connectivity index (χ1n) is 6.01. The zero-order chi connectivity index (χ0) is 12.9. The van der Waals surface area contributed by atoms with E-state index in [0.717, 1.165) is 25.4 Å². The Bertz CT molecular complexity index is 334. The third-order valence-corrected chi connectivity index (χ3v) is 2.66. The van der Waals surface area contributed by atoms with Gasteiger partial charge in [-0.25, -0.2) is 0 Å². The Morgan fingerprint density at radius 3 is 2.65 bits per heavy atom. The minimum atomic E-state index is 0.141. The summed E-state index contributed by atoms with van der Waals surface area (Å²) in [5.41, 5.74) is 0.141. The molecule has 17 heavy (non-hydrogen) atoms. The maximum Gasteiger partial charge on any atom is 0.321 e. The van der Waals surface area contributed by atoms with E-state index in [1.54, 1.807) is 7.11 Å². The number of ether oxygens (including phenoxy) is 1. The van der Waals surface area contributed by atoms with Crippen molar-refractivity contribution >= 4 is 6.01 Å². The zero-order valence-corrected chi connectivity index (χ0v) is 11.4. The van der Waals surface area contributed by atoms with E-state index in [-0.39, 0.29) is 11.3 Å². The third-order valence-electron chi connectivity index (χ3n) is 2.66. The molecule has 0 bridgehead atoms. The largest absolute Gasteiger partial charge is 0.385 e. The Morgan fingerprint density at radius 2 is 2.12 bits per heavy atom. The molecule has 1 aromatic heterocycles. The topological polar surface area (TPSA) is 60.2 Å². The number of hydrogen-bond acceptors (Lipinski definition) is 5. The van der Waals surface area contributed by atoms with Gasteiger partial charge in [0.15, 0.2) is 5.82 Å². The third kappa shape index (κ3) is 4.73. The number of anilines is 1. The lowest BCUT2D eigenvalue weighted by Gasteiger charge is -2.23. The summed E-state index contributed by atoms with van der Waals surface area (Å²) in [6.45, 7) is 9.98. The van der Waals surface area contributed by atoms with Crippen LogP contribution in [0.4, 0.5) is 6.01 Å². The highest BCUT2D eigenvalue weighted by atomic mass is 16.5. The molecule has 0 aromatic carbocycles. The molecule has 0 saturated carbocycles. The van der Waals surface area contributed by atoms with Gasteiger partial charge in [-0.05, 0) is 11.8 Å². The average Bonchev–Trinajstić information content (AvgIpc) is 2.73. The minimum absolute atomic E-state index is 0.141. The van der Waals surface area contributed by atoms with Crippen molar-refractivity contribution in [2.75, 3.05) is 25.6 Å². The van der Waals surface area contributed by atoms with Crippen LogP contribution in [-0.2, 0) is 4.74 Å². The first-order chi connectivity index (χ1) is 7.94. The first kappa shape index (κ1) is 14.0. The predicted octanol–water partition coefficient (Wildman–Crippen LogP) is 2.67. The number of rotatable bonds is 7. The van der Waals surface area contributed by atoms with Crippen molar-refractivity contribution in [3.63, 3.8) is 0 Å². The SMILES string of the molecule is COCCC(C)(C)CNc1nc(C(C)C)no1. The van der Waals surface area contributed by atoms with E-state index in [1.165, 1.54) is 0 Å². The van der Waals surface area contributed by atoms with E-state index >= 15 is 0 Å². The fraction of sp³-hybridized carbons (Fsp3) is 0.833. The Labute approximate surface area is 103 Å². The summed E-state index contributed by atoms with van der Waals surface area (Å²) in [5.74, 6) is 1.03. The standard InChI is InChI=1S/C12H23N3O2/c1-9(2)10-14-11(17-15-10)13-8-12(3,4)6-7-16-5/h9H,6-8H2,1-5H3,(H,13,14,15). The maximum atomic E-state index is 5.12. The van der Waals surface area contributed by atoms with E-state index in [4.69, 9.17) is 9.26 Å². The molecule has 0 aliphatic heterocycles. The molecule has 0 radical (unpaired) electrons. The summed E-state index contributed by atoms with van der Waals surface area (Å²) in [6, 6.07) is 0.499. The van der Waals surface area contributed by atoms with Crippen LogP contribution in [0.15, 0.2) is 4.52 Å². The van der Waals surface area contributed by atoms with Crippen LogP contribution >= 0.6 is 0 Å². The molecule has 1 heterocycles. The van der Waals surface area contributed by atoms with E-state index < -0.39 is 0 Å². The molecule has 0 atom stereocenters. The van der Waals surface area contributed by atoms with Gasteiger partial charge in [0.2, 0.25) is 0 Å². The summed E-state index contributed by atoms with van der Waals surface area (Å²) >= 11 is 0. The second-order valence-electron chi connectivity index (χ2n) is 5.37. The smallest absolute Gasteiger partial charge is 0.321 e. The molecule has 98 valence electrons. The van der Waals surface area contributed by atoms with E-state index in [0.29, 0.717) is 6.01 Å². The lowest BCUT2D eigenvalue weighted by molar-refractivity contribution is 0.156. The normalized spacial score (nSPS) is 12.1. The van der Waals surface area contributed by atoms with Crippen molar-refractivity contribution in [3.05, 3.63) is 5.82 Å². The van der Waals surface area contributed by atoms with Crippen molar-refractivity contribution in [1.82, 2.24) is 10.1 Å². The Kier molecular flexibility index (Phi) is 4.93. The molecule has 0 aliphatic rings. The molecule has 1 aromatic rings. The van der Waals surface area contributed by atoms with Gasteiger partial charge in [0.05, 0.1) is 0 Å². The second kappa shape index (κ2) is 6.00. The van der Waals surface area contributed by atoms with Gasteiger partial charge in [-0.15, -0.1) is 0 Å². The lowest BCUT2D eigenvalue weighted by atomic mass is 9.90. The van der Waals surface area contributed by atoms with Gasteiger partial charge < -0.3 is 14.6 Å². The Morgan fingerprint density at radius 1 is 1.41 bits per heavy atom. The van der Waals surface area contributed by atoms with Gasteiger partial charge in [0.1, 0.15) is 0 Å². The van der Waals surface area contributed by atoms with Crippen LogP contribution in [0.5, 0.6) is 0 Å². The molecule has 1 N–H and O–H groups in total. The molecule has 0 unspecified atom stereocenters. The molecule has 0 aliphatic carbocycles. The highest BCUT2D eigenvalue weighted by Gasteiger charge is 2.19. The molecule has 5 nitrogen and oxygen atoms in total. The molecular formula is C12H23N3O2. The van der Waals surface area contributed by atoms with Crippen LogP contribution in [0.1, 0.15) is 45.9 Å². The molecule has 0 spiro atoms. The summed E-state index contributed by atoms with van der Waals surface area (Å²) < 4.78 is 10.2. The molecule has 0 amide bonds. The maximum absolute atomic E-state index is 5.12. The molecule has 0 saturated heterocycles. The number of nitrogens with one attached hydrogen (secondary N) is 1. The van der Waals surface area contributed by atoms with Crippen molar-refractivity contribution in [3.8, 4) is 0 Å². The van der Waals surface area contributed by atoms with E-state index in [1.807, 2.05) is 13.8 Å². The summed E-state index contributed by atoms with van der Waals surface area (Å²) in [7, 11) is 1.72. The van der Waals surface area contributed by atoms with Gasteiger partial charge in [0.25, 0.3) is 0 Å². The van der Waals surface area contributed by atoms with Crippen molar-refractivity contribution in [2.24, 2.45) is 5.41 Å². The number of aromatic nitrogens is 2. The molecule has 1 rings (SSSR count). The van der Waals surface area contributed by atoms with Gasteiger partial charge in [0, 0.05) is 26.2 Å². The second-order valence-corrected chi connectivity index (χ2v) is 5.37. The fourth-order valence-corrected chi connectivity index (χ4v) is 1.32. The van der Waals surface area contributed by atoms with Crippen molar-refractivity contribution < 1.29 is 9.26 Å². The number of nitrogens with zero attached hydrogens (tertiary/aromatic N) is 2. The fourth-order valence-electron chi connectivity index (χ4n) is 1.32.